The van der Waals surface area contributed by atoms with Gasteiger partial charge < -0.3 is 29.0 Å². The minimum atomic E-state index is -0.815. The van der Waals surface area contributed by atoms with Crippen LogP contribution in [0.3, 0.4) is 0 Å². The number of amides is 2. The van der Waals surface area contributed by atoms with Gasteiger partial charge in [0.2, 0.25) is 5.43 Å². The number of methoxy groups -OCH3 is 1. The highest BCUT2D eigenvalue weighted by Crippen LogP contribution is 2.33. The number of nitrogens with zero attached hydrogens (tertiary/aromatic N) is 2. The maximum absolute atomic E-state index is 13.9. The smallest absolute Gasteiger partial charge is 0.276 e. The van der Waals surface area contributed by atoms with Gasteiger partial charge >= 0.3 is 0 Å². The van der Waals surface area contributed by atoms with Crippen molar-refractivity contribution in [3.63, 3.8) is 0 Å². The molecule has 4 heterocycles. The number of aromatic nitrogens is 1. The first kappa shape index (κ1) is 21.5. The summed E-state index contributed by atoms with van der Waals surface area (Å²) in [5.74, 6) is -3.02. The van der Waals surface area contributed by atoms with E-state index in [0.29, 0.717) is 25.7 Å². The Balaban J connectivity index is 1.46. The van der Waals surface area contributed by atoms with Gasteiger partial charge in [0, 0.05) is 24.4 Å². The van der Waals surface area contributed by atoms with Crippen molar-refractivity contribution in [1.82, 2.24) is 14.8 Å². The molecular weight excluding hydrogens is 440 g/mol. The van der Waals surface area contributed by atoms with Gasteiger partial charge in [-0.15, -0.1) is 0 Å². The van der Waals surface area contributed by atoms with E-state index in [0.717, 1.165) is 6.07 Å². The number of hydrogen-bond donors (Lipinski definition) is 1. The second-order valence-corrected chi connectivity index (χ2v) is 8.18. The standard InChI is InChI=1S/C22H21F2N3O6/c1-31-20-18-22(30)27-13-5-14(10-32-9-13)33-17(27)8-26(18)7-15(19(20)28)21(29)25-6-11-2-3-12(23)4-16(11)24/h2-4,7,13-14,17H,5-6,8-10H2,1H3,(H,25,29)/t13-,14+,17-/m0/s1. The number of hydrogen-bond acceptors (Lipinski definition) is 6. The number of rotatable bonds is 4. The van der Waals surface area contributed by atoms with Crippen LogP contribution in [0.2, 0.25) is 0 Å². The molecule has 3 aliphatic rings. The summed E-state index contributed by atoms with van der Waals surface area (Å²) in [6, 6.07) is 2.82. The number of pyridine rings is 1. The Morgan fingerprint density at radius 1 is 1.27 bits per heavy atom. The van der Waals surface area contributed by atoms with Crippen molar-refractivity contribution in [3.8, 4) is 5.75 Å². The third-order valence-electron chi connectivity index (χ3n) is 6.13. The monoisotopic (exact) mass is 461 g/mol. The molecule has 33 heavy (non-hydrogen) atoms. The fourth-order valence-corrected chi connectivity index (χ4v) is 4.59. The normalized spacial score (nSPS) is 23.5. The number of carbonyl (C=O) groups excluding carboxylic acids is 2. The van der Waals surface area contributed by atoms with Crippen molar-refractivity contribution in [1.29, 1.82) is 0 Å². The SMILES string of the molecule is COc1c2n(cc(C(=O)NCc3ccc(F)cc3F)c1=O)C[C@@H]1O[C@H]3COC[C@H](C3)N1C2=O. The molecule has 0 aliphatic carbocycles. The molecule has 2 fully saturated rings. The summed E-state index contributed by atoms with van der Waals surface area (Å²) in [5, 5.41) is 2.46. The number of benzene rings is 1. The molecule has 2 aromatic rings. The molecule has 3 aliphatic heterocycles. The first-order chi connectivity index (χ1) is 15.9. The van der Waals surface area contributed by atoms with Gasteiger partial charge in [-0.3, -0.25) is 14.4 Å². The summed E-state index contributed by atoms with van der Waals surface area (Å²) in [4.78, 5) is 40.7. The third kappa shape index (κ3) is 3.66. The Morgan fingerprint density at radius 3 is 2.85 bits per heavy atom. The highest BCUT2D eigenvalue weighted by molar-refractivity contribution is 5.99. The molecule has 1 aromatic heterocycles. The second-order valence-electron chi connectivity index (χ2n) is 8.18. The second kappa shape index (κ2) is 8.23. The molecule has 2 saturated heterocycles. The van der Waals surface area contributed by atoms with Crippen molar-refractivity contribution >= 4 is 11.8 Å². The van der Waals surface area contributed by atoms with Gasteiger partial charge in [0.1, 0.15) is 17.2 Å². The highest BCUT2D eigenvalue weighted by atomic mass is 19.1. The third-order valence-corrected chi connectivity index (χ3v) is 6.13. The van der Waals surface area contributed by atoms with Crippen LogP contribution in [0.5, 0.6) is 5.75 Å². The molecule has 0 spiro atoms. The van der Waals surface area contributed by atoms with E-state index < -0.39 is 35.1 Å². The molecule has 3 atom stereocenters. The van der Waals surface area contributed by atoms with E-state index >= 15 is 0 Å². The summed E-state index contributed by atoms with van der Waals surface area (Å²) in [7, 11) is 1.25. The molecular formula is C22H21F2N3O6. The lowest BCUT2D eigenvalue weighted by Crippen LogP contribution is -2.63. The van der Waals surface area contributed by atoms with Gasteiger partial charge in [-0.1, -0.05) is 6.07 Å². The van der Waals surface area contributed by atoms with Crippen LogP contribution in [-0.2, 0) is 22.6 Å². The molecule has 11 heteroatoms. The molecule has 1 aromatic carbocycles. The van der Waals surface area contributed by atoms with Crippen LogP contribution in [0.25, 0.3) is 0 Å². The van der Waals surface area contributed by atoms with Crippen LogP contribution in [-0.4, -0.2) is 60.0 Å². The number of ether oxygens (including phenoxy) is 3. The maximum atomic E-state index is 13.9. The zero-order chi connectivity index (χ0) is 23.3. The molecule has 1 N–H and O–H groups in total. The Hall–Kier alpha value is -3.31. The number of carbonyl (C=O) groups is 2. The fourth-order valence-electron chi connectivity index (χ4n) is 4.59. The lowest BCUT2D eigenvalue weighted by molar-refractivity contribution is -0.206. The molecule has 9 nitrogen and oxygen atoms in total. The van der Waals surface area contributed by atoms with Crippen LogP contribution < -0.4 is 15.5 Å². The molecule has 0 unspecified atom stereocenters. The van der Waals surface area contributed by atoms with Gasteiger partial charge in [-0.05, 0) is 12.5 Å². The zero-order valence-electron chi connectivity index (χ0n) is 17.7. The van der Waals surface area contributed by atoms with Crippen molar-refractivity contribution in [3.05, 3.63) is 63.1 Å². The predicted molar refractivity (Wildman–Crippen MR) is 109 cm³/mol. The largest absolute Gasteiger partial charge is 0.491 e. The van der Waals surface area contributed by atoms with Crippen molar-refractivity contribution in [2.75, 3.05) is 20.3 Å². The van der Waals surface area contributed by atoms with Crippen LogP contribution in [0.4, 0.5) is 8.78 Å². The molecule has 0 radical (unpaired) electrons. The topological polar surface area (TPSA) is 99.1 Å². The van der Waals surface area contributed by atoms with Gasteiger partial charge in [0.25, 0.3) is 11.8 Å². The summed E-state index contributed by atoms with van der Waals surface area (Å²) in [5.41, 5.74) is -0.931. The Bertz CT molecular complexity index is 1200. The van der Waals surface area contributed by atoms with Crippen LogP contribution in [0.1, 0.15) is 32.8 Å². The van der Waals surface area contributed by atoms with Gasteiger partial charge in [0.05, 0.1) is 39.0 Å². The fraction of sp³-hybridized carbons (Fsp3) is 0.409. The summed E-state index contributed by atoms with van der Waals surface area (Å²) in [6.07, 6.45) is 1.24. The van der Waals surface area contributed by atoms with Crippen LogP contribution >= 0.6 is 0 Å². The number of halogens is 2. The highest BCUT2D eigenvalue weighted by Gasteiger charge is 2.46. The Morgan fingerprint density at radius 2 is 2.09 bits per heavy atom. The number of fused-ring (bicyclic) bond motifs is 5. The van der Waals surface area contributed by atoms with Gasteiger partial charge in [-0.25, -0.2) is 8.78 Å². The Kier molecular flexibility index (Phi) is 5.37. The average Bonchev–Trinajstić information content (AvgIpc) is 2.78. The zero-order valence-corrected chi connectivity index (χ0v) is 17.7. The van der Waals surface area contributed by atoms with E-state index in [4.69, 9.17) is 14.2 Å². The maximum Gasteiger partial charge on any atom is 0.276 e. The van der Waals surface area contributed by atoms with Crippen molar-refractivity contribution in [2.24, 2.45) is 0 Å². The molecule has 2 bridgehead atoms. The van der Waals surface area contributed by atoms with Crippen LogP contribution in [0, 0.1) is 11.6 Å². The molecule has 174 valence electrons. The van der Waals surface area contributed by atoms with Gasteiger partial charge in [0.15, 0.2) is 17.7 Å². The van der Waals surface area contributed by atoms with E-state index in [1.807, 2.05) is 0 Å². The first-order valence-corrected chi connectivity index (χ1v) is 10.5. The van der Waals surface area contributed by atoms with E-state index in [-0.39, 0.29) is 47.8 Å². The van der Waals surface area contributed by atoms with E-state index in [2.05, 4.69) is 5.32 Å². The van der Waals surface area contributed by atoms with E-state index in [9.17, 15) is 23.2 Å². The number of nitrogens with one attached hydrogen (secondary N) is 1. The van der Waals surface area contributed by atoms with Crippen molar-refractivity contribution in [2.45, 2.75) is 37.9 Å². The van der Waals surface area contributed by atoms with E-state index in [1.54, 1.807) is 4.90 Å². The Labute approximate surface area is 186 Å². The summed E-state index contributed by atoms with van der Waals surface area (Å²) < 4.78 is 45.2. The quantitative estimate of drug-likeness (QED) is 0.731. The predicted octanol–water partition coefficient (Wildman–Crippen LogP) is 1.03. The average molecular weight is 461 g/mol. The summed E-state index contributed by atoms with van der Waals surface area (Å²) in [6.45, 7) is 0.784. The van der Waals surface area contributed by atoms with Crippen LogP contribution in [0.15, 0.2) is 29.2 Å². The summed E-state index contributed by atoms with van der Waals surface area (Å²) >= 11 is 0. The molecule has 0 saturated carbocycles. The van der Waals surface area contributed by atoms with Gasteiger partial charge in [-0.2, -0.15) is 0 Å². The lowest BCUT2D eigenvalue weighted by atomic mass is 10.0. The molecule has 2 amide bonds. The molecule has 5 rings (SSSR count). The minimum Gasteiger partial charge on any atom is -0.491 e. The lowest BCUT2D eigenvalue weighted by Gasteiger charge is -2.50. The van der Waals surface area contributed by atoms with Crippen molar-refractivity contribution < 1.29 is 32.6 Å². The van der Waals surface area contributed by atoms with E-state index in [1.165, 1.54) is 23.9 Å². The minimum absolute atomic E-state index is 0.0347. The first-order valence-electron chi connectivity index (χ1n) is 10.5.